The van der Waals surface area contributed by atoms with Crippen LogP contribution in [0.25, 0.3) is 0 Å². The van der Waals surface area contributed by atoms with Crippen molar-refractivity contribution >= 4 is 17.6 Å². The highest BCUT2D eigenvalue weighted by Gasteiger charge is 2.14. The van der Waals surface area contributed by atoms with Gasteiger partial charge in [-0.25, -0.2) is 4.79 Å². The standard InChI is InChI=1S/C17H15F2NO4/c1-10-13(16(22)23-2)4-3-5-14(10)20-15(21)11-6-8-12(9-7-11)24-17(18)19/h3-9,17H,1-2H3,(H,20,21). The Bertz CT molecular complexity index is 745. The monoisotopic (exact) mass is 335 g/mol. The minimum absolute atomic E-state index is 0.0366. The molecular formula is C17H15F2NO4. The lowest BCUT2D eigenvalue weighted by molar-refractivity contribution is -0.0498. The summed E-state index contributed by atoms with van der Waals surface area (Å²) in [7, 11) is 1.27. The summed E-state index contributed by atoms with van der Waals surface area (Å²) in [5.41, 5.74) is 1.63. The molecule has 126 valence electrons. The first-order valence-electron chi connectivity index (χ1n) is 6.96. The van der Waals surface area contributed by atoms with Crippen LogP contribution in [0.5, 0.6) is 5.75 Å². The maximum atomic E-state index is 12.2. The Hall–Kier alpha value is -2.96. The van der Waals surface area contributed by atoms with E-state index in [1.54, 1.807) is 25.1 Å². The lowest BCUT2D eigenvalue weighted by atomic mass is 10.1. The van der Waals surface area contributed by atoms with Gasteiger partial charge in [-0.3, -0.25) is 4.79 Å². The number of alkyl halides is 2. The first-order valence-corrected chi connectivity index (χ1v) is 6.96. The van der Waals surface area contributed by atoms with Crippen LogP contribution < -0.4 is 10.1 Å². The lowest BCUT2D eigenvalue weighted by Gasteiger charge is -2.11. The van der Waals surface area contributed by atoms with Gasteiger partial charge in [0.05, 0.1) is 12.7 Å². The third kappa shape index (κ3) is 4.07. The van der Waals surface area contributed by atoms with Crippen molar-refractivity contribution in [1.29, 1.82) is 0 Å². The zero-order valence-corrected chi connectivity index (χ0v) is 13.0. The van der Waals surface area contributed by atoms with Crippen molar-refractivity contribution < 1.29 is 27.8 Å². The van der Waals surface area contributed by atoms with Crippen molar-refractivity contribution in [2.45, 2.75) is 13.5 Å². The predicted molar refractivity (Wildman–Crippen MR) is 83.5 cm³/mol. The number of halogens is 2. The topological polar surface area (TPSA) is 64.6 Å². The summed E-state index contributed by atoms with van der Waals surface area (Å²) in [6, 6.07) is 10.1. The molecule has 0 atom stereocenters. The van der Waals surface area contributed by atoms with Crippen molar-refractivity contribution in [3.63, 3.8) is 0 Å². The van der Waals surface area contributed by atoms with Crippen LogP contribution in [-0.2, 0) is 4.74 Å². The molecule has 2 aromatic rings. The average molecular weight is 335 g/mol. The van der Waals surface area contributed by atoms with Gasteiger partial charge >= 0.3 is 12.6 Å². The molecule has 2 rings (SSSR count). The van der Waals surface area contributed by atoms with E-state index < -0.39 is 18.5 Å². The molecule has 0 aliphatic carbocycles. The second-order valence-electron chi connectivity index (χ2n) is 4.83. The Balaban J connectivity index is 2.16. The van der Waals surface area contributed by atoms with E-state index >= 15 is 0 Å². The Morgan fingerprint density at radius 1 is 1.08 bits per heavy atom. The molecule has 2 aromatic carbocycles. The molecule has 0 aromatic heterocycles. The van der Waals surface area contributed by atoms with Gasteiger partial charge in [0, 0.05) is 11.3 Å². The van der Waals surface area contributed by atoms with Crippen LogP contribution in [-0.4, -0.2) is 25.6 Å². The van der Waals surface area contributed by atoms with E-state index in [4.69, 9.17) is 0 Å². The summed E-state index contributed by atoms with van der Waals surface area (Å²) >= 11 is 0. The van der Waals surface area contributed by atoms with Crippen LogP contribution >= 0.6 is 0 Å². The molecule has 0 aliphatic rings. The summed E-state index contributed by atoms with van der Waals surface area (Å²) < 4.78 is 33.1. The number of amides is 1. The van der Waals surface area contributed by atoms with Gasteiger partial charge in [0.1, 0.15) is 5.75 Å². The minimum Gasteiger partial charge on any atom is -0.465 e. The average Bonchev–Trinajstić information content (AvgIpc) is 2.56. The number of hydrogen-bond acceptors (Lipinski definition) is 4. The van der Waals surface area contributed by atoms with Gasteiger partial charge in [-0.15, -0.1) is 0 Å². The van der Waals surface area contributed by atoms with Gasteiger partial charge in [0.25, 0.3) is 5.91 Å². The highest BCUT2D eigenvalue weighted by atomic mass is 19.3. The third-order valence-corrected chi connectivity index (χ3v) is 3.33. The SMILES string of the molecule is COC(=O)c1cccc(NC(=O)c2ccc(OC(F)F)cc2)c1C. The number of anilines is 1. The molecule has 0 heterocycles. The fourth-order valence-electron chi connectivity index (χ4n) is 2.08. The molecular weight excluding hydrogens is 320 g/mol. The zero-order chi connectivity index (χ0) is 17.7. The van der Waals surface area contributed by atoms with Crippen LogP contribution in [0.2, 0.25) is 0 Å². The van der Waals surface area contributed by atoms with Gasteiger partial charge in [-0.1, -0.05) is 6.07 Å². The Kier molecular flexibility index (Phi) is 5.47. The fraction of sp³-hybridized carbons (Fsp3) is 0.176. The van der Waals surface area contributed by atoms with Gasteiger partial charge in [-0.05, 0) is 48.9 Å². The molecule has 7 heteroatoms. The first-order chi connectivity index (χ1) is 11.4. The smallest absolute Gasteiger partial charge is 0.387 e. The van der Waals surface area contributed by atoms with Crippen molar-refractivity contribution in [3.05, 3.63) is 59.2 Å². The molecule has 1 N–H and O–H groups in total. The van der Waals surface area contributed by atoms with Crippen LogP contribution in [0.4, 0.5) is 14.5 Å². The molecule has 24 heavy (non-hydrogen) atoms. The molecule has 0 spiro atoms. The van der Waals surface area contributed by atoms with E-state index in [1.165, 1.54) is 31.4 Å². The van der Waals surface area contributed by atoms with Crippen molar-refractivity contribution in [1.82, 2.24) is 0 Å². The van der Waals surface area contributed by atoms with Crippen molar-refractivity contribution in [3.8, 4) is 5.75 Å². The summed E-state index contributed by atoms with van der Waals surface area (Å²) in [4.78, 5) is 23.9. The Morgan fingerprint density at radius 2 is 1.75 bits per heavy atom. The third-order valence-electron chi connectivity index (χ3n) is 3.33. The zero-order valence-electron chi connectivity index (χ0n) is 13.0. The number of nitrogens with one attached hydrogen (secondary N) is 1. The van der Waals surface area contributed by atoms with Crippen LogP contribution in [0.3, 0.4) is 0 Å². The number of esters is 1. The molecule has 0 radical (unpaired) electrons. The molecule has 5 nitrogen and oxygen atoms in total. The molecule has 0 saturated carbocycles. The number of benzene rings is 2. The number of hydrogen-bond donors (Lipinski definition) is 1. The number of rotatable bonds is 5. The van der Waals surface area contributed by atoms with Gasteiger partial charge in [0.2, 0.25) is 0 Å². The van der Waals surface area contributed by atoms with Gasteiger partial charge in [0.15, 0.2) is 0 Å². The number of carbonyl (C=O) groups is 2. The highest BCUT2D eigenvalue weighted by Crippen LogP contribution is 2.21. The van der Waals surface area contributed by atoms with E-state index in [9.17, 15) is 18.4 Å². The number of carbonyl (C=O) groups excluding carboxylic acids is 2. The summed E-state index contributed by atoms with van der Waals surface area (Å²) in [6.07, 6.45) is 0. The maximum absolute atomic E-state index is 12.2. The van der Waals surface area contributed by atoms with E-state index in [1.807, 2.05) is 0 Å². The van der Waals surface area contributed by atoms with E-state index in [0.29, 0.717) is 16.8 Å². The normalized spacial score (nSPS) is 10.4. The number of ether oxygens (including phenoxy) is 2. The molecule has 0 saturated heterocycles. The quantitative estimate of drug-likeness (QED) is 0.848. The second kappa shape index (κ2) is 7.54. The largest absolute Gasteiger partial charge is 0.465 e. The lowest BCUT2D eigenvalue weighted by Crippen LogP contribution is -2.14. The second-order valence-corrected chi connectivity index (χ2v) is 4.83. The first kappa shape index (κ1) is 17.4. The molecule has 0 fully saturated rings. The minimum atomic E-state index is -2.92. The van der Waals surface area contributed by atoms with Crippen LogP contribution in [0.15, 0.2) is 42.5 Å². The van der Waals surface area contributed by atoms with Crippen LogP contribution in [0, 0.1) is 6.92 Å². The Labute approximate surface area is 137 Å². The molecule has 0 unspecified atom stereocenters. The van der Waals surface area contributed by atoms with E-state index in [-0.39, 0.29) is 11.3 Å². The summed E-state index contributed by atoms with van der Waals surface area (Å²) in [5.74, 6) is -0.980. The maximum Gasteiger partial charge on any atom is 0.387 e. The highest BCUT2D eigenvalue weighted by molar-refractivity contribution is 6.05. The van der Waals surface area contributed by atoms with E-state index in [2.05, 4.69) is 14.8 Å². The number of methoxy groups -OCH3 is 1. The molecule has 0 aliphatic heterocycles. The van der Waals surface area contributed by atoms with Crippen LogP contribution in [0.1, 0.15) is 26.3 Å². The van der Waals surface area contributed by atoms with Gasteiger partial charge < -0.3 is 14.8 Å². The summed E-state index contributed by atoms with van der Waals surface area (Å²) in [5, 5.41) is 2.67. The van der Waals surface area contributed by atoms with E-state index in [0.717, 1.165) is 0 Å². The predicted octanol–water partition coefficient (Wildman–Crippen LogP) is 3.64. The fourth-order valence-corrected chi connectivity index (χ4v) is 2.08. The Morgan fingerprint density at radius 3 is 2.33 bits per heavy atom. The molecule has 0 bridgehead atoms. The molecule has 1 amide bonds. The summed E-state index contributed by atoms with van der Waals surface area (Å²) in [6.45, 7) is -1.24. The van der Waals surface area contributed by atoms with Crippen molar-refractivity contribution in [2.75, 3.05) is 12.4 Å². The van der Waals surface area contributed by atoms with Gasteiger partial charge in [-0.2, -0.15) is 8.78 Å². The van der Waals surface area contributed by atoms with Crippen molar-refractivity contribution in [2.24, 2.45) is 0 Å².